The molecule has 0 aromatic rings. The largest absolute Gasteiger partial charge is 0.459 e. The van der Waals surface area contributed by atoms with Crippen molar-refractivity contribution in [1.29, 1.82) is 0 Å². The van der Waals surface area contributed by atoms with Crippen molar-refractivity contribution in [1.82, 2.24) is 0 Å². The van der Waals surface area contributed by atoms with Gasteiger partial charge >= 0.3 is 11.9 Å². The van der Waals surface area contributed by atoms with E-state index in [4.69, 9.17) is 23.7 Å². The molecule has 3 saturated heterocycles. The van der Waals surface area contributed by atoms with E-state index >= 15 is 0 Å². The van der Waals surface area contributed by atoms with E-state index in [1.165, 1.54) is 0 Å². The number of allylic oxidation sites excluding steroid dienone is 1. The van der Waals surface area contributed by atoms with Crippen molar-refractivity contribution >= 4 is 11.9 Å². The van der Waals surface area contributed by atoms with Crippen LogP contribution in [0.1, 0.15) is 26.7 Å². The summed E-state index contributed by atoms with van der Waals surface area (Å²) in [5.74, 6) is -1.21. The van der Waals surface area contributed by atoms with Crippen molar-refractivity contribution in [3.8, 4) is 0 Å². The number of hydrogen-bond donors (Lipinski definition) is 1. The summed E-state index contributed by atoms with van der Waals surface area (Å²) in [5.41, 5.74) is -1.76. The molecular weight excluding hydrogens is 356 g/mol. The van der Waals surface area contributed by atoms with Crippen molar-refractivity contribution < 1.29 is 38.4 Å². The molecule has 2 spiro atoms. The molecule has 2 saturated carbocycles. The third-order valence-electron chi connectivity index (χ3n) is 7.80. The monoisotopic (exact) mass is 376 g/mol. The highest BCUT2D eigenvalue weighted by molar-refractivity contribution is 5.99. The molecular formula is C19H20O8. The predicted molar refractivity (Wildman–Crippen MR) is 85.5 cm³/mol. The Morgan fingerprint density at radius 3 is 2.78 bits per heavy atom. The van der Waals surface area contributed by atoms with Gasteiger partial charge in [-0.05, 0) is 26.2 Å². The summed E-state index contributed by atoms with van der Waals surface area (Å²) in [6.45, 7) is 7.50. The molecule has 6 rings (SSSR count). The van der Waals surface area contributed by atoms with Crippen molar-refractivity contribution in [3.63, 3.8) is 0 Å². The van der Waals surface area contributed by atoms with E-state index in [1.807, 2.05) is 6.92 Å². The molecule has 4 aliphatic heterocycles. The van der Waals surface area contributed by atoms with Crippen LogP contribution < -0.4 is 0 Å². The quantitative estimate of drug-likeness (QED) is 0.523. The molecule has 0 aromatic heterocycles. The fourth-order valence-electron chi connectivity index (χ4n) is 7.07. The first-order valence-corrected chi connectivity index (χ1v) is 9.20. The number of rotatable bonds is 1. The minimum atomic E-state index is -1.50. The summed E-state index contributed by atoms with van der Waals surface area (Å²) in [6.07, 6.45) is -2.32. The van der Waals surface area contributed by atoms with Crippen molar-refractivity contribution in [2.24, 2.45) is 16.7 Å². The Bertz CT molecular complexity index is 862. The molecule has 27 heavy (non-hydrogen) atoms. The van der Waals surface area contributed by atoms with Gasteiger partial charge in [0.05, 0.1) is 10.8 Å². The highest BCUT2D eigenvalue weighted by Gasteiger charge is 2.94. The van der Waals surface area contributed by atoms with E-state index in [0.29, 0.717) is 24.0 Å². The summed E-state index contributed by atoms with van der Waals surface area (Å²) in [5, 5.41) is 11.1. The van der Waals surface area contributed by atoms with Gasteiger partial charge in [-0.15, -0.1) is 0 Å². The van der Waals surface area contributed by atoms with Crippen LogP contribution in [0.5, 0.6) is 0 Å². The zero-order valence-corrected chi connectivity index (χ0v) is 15.0. The van der Waals surface area contributed by atoms with Gasteiger partial charge in [0.15, 0.2) is 19.4 Å². The van der Waals surface area contributed by atoms with Gasteiger partial charge in [0.1, 0.15) is 12.2 Å². The Balaban J connectivity index is 1.70. The molecule has 0 radical (unpaired) electrons. The second kappa shape index (κ2) is 4.46. The molecule has 6 aliphatic rings. The third kappa shape index (κ3) is 1.30. The second-order valence-electron chi connectivity index (χ2n) is 8.50. The summed E-state index contributed by atoms with van der Waals surface area (Å²) < 4.78 is 29.0. The number of esters is 2. The van der Waals surface area contributed by atoms with Crippen LogP contribution in [-0.4, -0.2) is 54.2 Å². The van der Waals surface area contributed by atoms with E-state index < -0.39 is 53.2 Å². The molecule has 8 heteroatoms. The molecule has 2 aliphatic carbocycles. The Hall–Kier alpha value is -1.74. The van der Waals surface area contributed by atoms with Gasteiger partial charge in [0.25, 0.3) is 0 Å². The van der Waals surface area contributed by atoms with Gasteiger partial charge in [-0.1, -0.05) is 12.2 Å². The third-order valence-corrected chi connectivity index (χ3v) is 7.80. The molecule has 144 valence electrons. The van der Waals surface area contributed by atoms with Crippen LogP contribution in [-0.2, 0) is 33.3 Å². The van der Waals surface area contributed by atoms with Crippen LogP contribution >= 0.6 is 0 Å². The molecule has 8 atom stereocenters. The first-order valence-electron chi connectivity index (χ1n) is 9.20. The first-order chi connectivity index (χ1) is 12.8. The highest BCUT2D eigenvalue weighted by atomic mass is 16.8. The van der Waals surface area contributed by atoms with Crippen molar-refractivity contribution in [2.45, 2.75) is 57.1 Å². The van der Waals surface area contributed by atoms with Crippen molar-refractivity contribution in [3.05, 3.63) is 23.3 Å². The molecule has 6 unspecified atom stereocenters. The van der Waals surface area contributed by atoms with E-state index in [1.54, 1.807) is 6.92 Å². The molecule has 4 heterocycles. The molecule has 0 aromatic carbocycles. The average Bonchev–Trinajstić information content (AvgIpc) is 3.27. The number of fused-ring (bicyclic) bond motifs is 1. The second-order valence-corrected chi connectivity index (χ2v) is 8.50. The fraction of sp³-hybridized carbons (Fsp3) is 0.684. The number of aliphatic hydroxyl groups excluding tert-OH is 1. The molecule has 1 N–H and O–H groups in total. The number of aliphatic hydroxyl groups is 1. The van der Waals surface area contributed by atoms with E-state index in [-0.39, 0.29) is 12.7 Å². The Morgan fingerprint density at radius 2 is 2.04 bits per heavy atom. The lowest BCUT2D eigenvalue weighted by atomic mass is 9.56. The van der Waals surface area contributed by atoms with Gasteiger partial charge in [-0.3, -0.25) is 0 Å². The lowest BCUT2D eigenvalue weighted by Crippen LogP contribution is -2.61. The van der Waals surface area contributed by atoms with Gasteiger partial charge in [-0.25, -0.2) is 9.59 Å². The number of ether oxygens (including phenoxy) is 5. The number of hydrogen-bond acceptors (Lipinski definition) is 8. The van der Waals surface area contributed by atoms with Crippen molar-refractivity contribution in [2.75, 3.05) is 6.79 Å². The fourth-order valence-corrected chi connectivity index (χ4v) is 7.07. The zero-order chi connectivity index (χ0) is 18.9. The maximum absolute atomic E-state index is 13.2. The minimum Gasteiger partial charge on any atom is -0.459 e. The zero-order valence-electron chi connectivity index (χ0n) is 15.0. The number of carbonyl (C=O) groups is 2. The maximum atomic E-state index is 13.2. The van der Waals surface area contributed by atoms with Gasteiger partial charge in [0, 0.05) is 17.6 Å². The van der Waals surface area contributed by atoms with Gasteiger partial charge in [-0.2, -0.15) is 0 Å². The summed E-state index contributed by atoms with van der Waals surface area (Å²) in [7, 11) is 0. The molecule has 5 fully saturated rings. The molecule has 0 bridgehead atoms. The standard InChI is InChI=1S/C19H20O8/c1-7(2)9-4-11-17-5-10-12(8(3)13(20)25-10)19(17,15(22)26-11)27-16-18(9,17)14(21)23-6-24-16/h9-11,14,16,21H,1,4-6H2,2-3H3/t9-,10?,11?,14-,16?,17?,18?,19?/m0/s1. The van der Waals surface area contributed by atoms with Crippen LogP contribution in [0.25, 0.3) is 0 Å². The molecule has 8 nitrogen and oxygen atoms in total. The molecule has 0 amide bonds. The SMILES string of the molecule is C=C(C)[C@@H]1CC2OC(=O)C34OC5OCO[C@H](O)C51C23CC1OC(=O)C(C)=C14. The summed E-state index contributed by atoms with van der Waals surface area (Å²) in [4.78, 5) is 25.4. The number of carbonyl (C=O) groups excluding carboxylic acids is 2. The van der Waals surface area contributed by atoms with Crippen LogP contribution in [0, 0.1) is 16.7 Å². The first kappa shape index (κ1) is 16.2. The Kier molecular flexibility index (Phi) is 2.68. The highest BCUT2D eigenvalue weighted by Crippen LogP contribution is 2.82. The lowest BCUT2D eigenvalue weighted by molar-refractivity contribution is -0.363. The summed E-state index contributed by atoms with van der Waals surface area (Å²) >= 11 is 0. The Morgan fingerprint density at radius 1 is 1.26 bits per heavy atom. The van der Waals surface area contributed by atoms with E-state index in [2.05, 4.69) is 6.58 Å². The van der Waals surface area contributed by atoms with Crippen LogP contribution in [0.4, 0.5) is 0 Å². The van der Waals surface area contributed by atoms with E-state index in [0.717, 1.165) is 5.57 Å². The van der Waals surface area contributed by atoms with Crippen LogP contribution in [0.15, 0.2) is 23.3 Å². The Labute approximate surface area is 155 Å². The van der Waals surface area contributed by atoms with Crippen LogP contribution in [0.2, 0.25) is 0 Å². The van der Waals surface area contributed by atoms with Crippen LogP contribution in [0.3, 0.4) is 0 Å². The van der Waals surface area contributed by atoms with Gasteiger partial charge < -0.3 is 28.8 Å². The predicted octanol–water partition coefficient (Wildman–Crippen LogP) is 0.544. The average molecular weight is 376 g/mol. The van der Waals surface area contributed by atoms with Gasteiger partial charge in [0.2, 0.25) is 5.60 Å². The smallest absolute Gasteiger partial charge is 0.344 e. The maximum Gasteiger partial charge on any atom is 0.344 e. The normalized spacial score (nSPS) is 54.4. The minimum absolute atomic E-state index is 0.140. The summed E-state index contributed by atoms with van der Waals surface area (Å²) in [6, 6.07) is 0. The van der Waals surface area contributed by atoms with E-state index in [9.17, 15) is 14.7 Å². The lowest BCUT2D eigenvalue weighted by Gasteiger charge is -2.49. The topological polar surface area (TPSA) is 101 Å².